The predicted octanol–water partition coefficient (Wildman–Crippen LogP) is 9.53. The van der Waals surface area contributed by atoms with Crippen LogP contribution < -0.4 is 19.1 Å². The number of para-hydroxylation sites is 2. The third-order valence-electron chi connectivity index (χ3n) is 10.3. The van der Waals surface area contributed by atoms with Crippen molar-refractivity contribution in [2.75, 3.05) is 31.6 Å². The van der Waals surface area contributed by atoms with Crippen LogP contribution in [0, 0.1) is 0 Å². The monoisotopic (exact) mass is 772 g/mol. The van der Waals surface area contributed by atoms with Gasteiger partial charge in [0, 0.05) is 46.8 Å². The van der Waals surface area contributed by atoms with Gasteiger partial charge in [-0.1, -0.05) is 55.9 Å². The first kappa shape index (κ1) is 41.0. The Morgan fingerprint density at radius 2 is 1.59 bits per heavy atom. The maximum absolute atomic E-state index is 13.1. The summed E-state index contributed by atoms with van der Waals surface area (Å²) in [5.41, 5.74) is 3.90. The van der Waals surface area contributed by atoms with Gasteiger partial charge in [-0.25, -0.2) is 0 Å². The fraction of sp³-hybridized carbons (Fsp3) is 0.386. The summed E-state index contributed by atoms with van der Waals surface area (Å²) in [6, 6.07) is 24.7. The van der Waals surface area contributed by atoms with Crippen LogP contribution in [-0.2, 0) is 12.8 Å². The largest absolute Gasteiger partial charge is 0.507 e. The van der Waals surface area contributed by atoms with Crippen LogP contribution in [0.3, 0.4) is 0 Å². The van der Waals surface area contributed by atoms with E-state index in [0.717, 1.165) is 25.2 Å². The molecule has 288 valence electrons. The number of ether oxygens (including phenoxy) is 3. The third-order valence-corrected chi connectivity index (χ3v) is 11.4. The molecule has 10 heteroatoms. The molecule has 3 aliphatic heterocycles. The number of ketones is 1. The summed E-state index contributed by atoms with van der Waals surface area (Å²) in [5, 5.41) is 20.8. The Morgan fingerprint density at radius 1 is 0.963 bits per heavy atom. The van der Waals surface area contributed by atoms with Crippen LogP contribution in [0.15, 0.2) is 88.7 Å². The highest BCUT2D eigenvalue weighted by Gasteiger charge is 2.37. The zero-order valence-electron chi connectivity index (χ0n) is 32.5. The number of halogens is 1. The Labute approximate surface area is 330 Å². The number of aliphatic hydroxyl groups is 1. The summed E-state index contributed by atoms with van der Waals surface area (Å²) in [6.07, 6.45) is 3.59. The fourth-order valence-electron chi connectivity index (χ4n) is 7.23. The minimum atomic E-state index is -0.758. The summed E-state index contributed by atoms with van der Waals surface area (Å²) in [4.78, 5) is 20.8. The third kappa shape index (κ3) is 8.55. The molecule has 8 nitrogen and oxygen atoms in total. The Balaban J connectivity index is 0.000000215. The van der Waals surface area contributed by atoms with Gasteiger partial charge in [-0.15, -0.1) is 12.4 Å². The summed E-state index contributed by atoms with van der Waals surface area (Å²) >= 11 is 1.88. The van der Waals surface area contributed by atoms with E-state index in [1.165, 1.54) is 27.2 Å². The van der Waals surface area contributed by atoms with Crippen molar-refractivity contribution >= 4 is 47.4 Å². The number of likely N-dealkylation sites (N-methyl/N-ethyl adjacent to an activating group) is 1. The molecule has 0 radical (unpaired) electrons. The highest BCUT2D eigenvalue weighted by atomic mass is 35.5. The van der Waals surface area contributed by atoms with Crippen LogP contribution in [-0.4, -0.2) is 71.0 Å². The van der Waals surface area contributed by atoms with Crippen molar-refractivity contribution in [2.24, 2.45) is 0 Å². The Kier molecular flexibility index (Phi) is 12.7. The van der Waals surface area contributed by atoms with E-state index in [2.05, 4.69) is 79.1 Å². The van der Waals surface area contributed by atoms with Gasteiger partial charge in [0.1, 0.15) is 34.2 Å². The molecule has 7 rings (SSSR count). The lowest BCUT2D eigenvalue weighted by atomic mass is 9.89. The predicted molar refractivity (Wildman–Crippen MR) is 221 cm³/mol. The maximum atomic E-state index is 13.1. The van der Waals surface area contributed by atoms with Crippen molar-refractivity contribution in [3.63, 3.8) is 0 Å². The first-order valence-corrected chi connectivity index (χ1v) is 19.3. The number of hydrogen-bond donors (Lipinski definition) is 2. The average molecular weight is 773 g/mol. The van der Waals surface area contributed by atoms with Gasteiger partial charge in [0.25, 0.3) is 0 Å². The smallest absolute Gasteiger partial charge is 0.171 e. The lowest BCUT2D eigenvalue weighted by molar-refractivity contribution is -0.0412. The minimum Gasteiger partial charge on any atom is -0.507 e. The molecule has 3 aliphatic rings. The van der Waals surface area contributed by atoms with E-state index in [-0.39, 0.29) is 35.9 Å². The summed E-state index contributed by atoms with van der Waals surface area (Å²) < 4.78 is 17.4. The minimum absolute atomic E-state index is 0. The molecule has 0 saturated heterocycles. The number of aromatic hydroxyl groups is 1. The number of hydrogen-bond acceptors (Lipinski definition) is 9. The quantitative estimate of drug-likeness (QED) is 0.162. The average Bonchev–Trinajstić information content (AvgIpc) is 3.12. The lowest BCUT2D eigenvalue weighted by Crippen LogP contribution is -2.46. The first-order chi connectivity index (χ1) is 25.2. The van der Waals surface area contributed by atoms with Crippen molar-refractivity contribution in [1.29, 1.82) is 0 Å². The number of aliphatic hydroxyl groups excluding tert-OH is 1. The second kappa shape index (κ2) is 16.7. The Morgan fingerprint density at radius 3 is 2.20 bits per heavy atom. The zero-order chi connectivity index (χ0) is 38.1. The topological polar surface area (TPSA) is 91.7 Å². The first-order valence-electron chi connectivity index (χ1n) is 18.5. The molecular weight excluding hydrogens is 720 g/mol. The molecule has 54 heavy (non-hydrogen) atoms. The van der Waals surface area contributed by atoms with E-state index in [1.807, 2.05) is 49.9 Å². The second-order valence-corrected chi connectivity index (χ2v) is 16.0. The molecular formula is C44H53ClN2O6S. The van der Waals surface area contributed by atoms with E-state index in [1.54, 1.807) is 27.0 Å². The number of nitrogens with zero attached hydrogens (tertiary/aromatic N) is 2. The number of phenolic OH excluding ortho intramolecular Hbond substituents is 1. The molecule has 0 aromatic heterocycles. The zero-order valence-corrected chi connectivity index (χ0v) is 34.1. The SMILES string of the molecule is CCN(CC)C(C)CN1c2ccccc2Sc2ccccc21.COc1c(CC(=O)c2cc3c(cc2O)OC(C)(C)C(O)C3)ccc2c1C=CC(C)(C)O2.Cl. The van der Waals surface area contributed by atoms with Gasteiger partial charge >= 0.3 is 0 Å². The molecule has 0 bridgehead atoms. The standard InChI is InChI=1S/C25H28O6.C19H24N2S.ClH/c1-24(2)9-8-16-20(30-24)7-6-14(23(16)29-5)11-18(26)17-10-15-12-22(28)25(3,4)31-21(15)13-19(17)27;1-4-20(5-2)15(3)14-21-16-10-6-8-12-18(16)22-19-13-9-7-11-17(19)21;/h6-10,13,22,27-28H,11-12H2,1-5H3;6-13,15H,4-5,14H2,1-3H3;1H. The molecule has 2 unspecified atom stereocenters. The van der Waals surface area contributed by atoms with E-state index >= 15 is 0 Å². The second-order valence-electron chi connectivity index (χ2n) is 14.9. The lowest BCUT2D eigenvalue weighted by Gasteiger charge is -2.37. The number of Topliss-reactive ketones (excluding diaryl/α,β-unsaturated/α-hetero) is 1. The normalized spacial score (nSPS) is 17.5. The molecule has 2 N–H and O–H groups in total. The fourth-order valence-corrected chi connectivity index (χ4v) is 8.32. The van der Waals surface area contributed by atoms with Gasteiger partial charge < -0.3 is 29.3 Å². The van der Waals surface area contributed by atoms with Crippen molar-refractivity contribution in [2.45, 2.75) is 94.4 Å². The summed E-state index contributed by atoms with van der Waals surface area (Å²) in [5.74, 6) is 1.37. The summed E-state index contributed by atoms with van der Waals surface area (Å²) in [7, 11) is 1.56. The van der Waals surface area contributed by atoms with E-state index < -0.39 is 17.3 Å². The molecule has 0 amide bonds. The highest BCUT2D eigenvalue weighted by Crippen LogP contribution is 2.48. The highest BCUT2D eigenvalue weighted by molar-refractivity contribution is 7.99. The number of benzene rings is 4. The number of rotatable bonds is 9. The van der Waals surface area contributed by atoms with Crippen molar-refractivity contribution in [3.05, 3.63) is 101 Å². The number of phenols is 1. The number of anilines is 2. The summed E-state index contributed by atoms with van der Waals surface area (Å²) in [6.45, 7) is 17.6. The van der Waals surface area contributed by atoms with Gasteiger partial charge in [-0.2, -0.15) is 0 Å². The van der Waals surface area contributed by atoms with Crippen molar-refractivity contribution in [3.8, 4) is 23.0 Å². The molecule has 0 aliphatic carbocycles. The van der Waals surface area contributed by atoms with E-state index in [4.69, 9.17) is 14.2 Å². The molecule has 4 aromatic carbocycles. The van der Waals surface area contributed by atoms with E-state index in [0.29, 0.717) is 40.8 Å². The van der Waals surface area contributed by atoms with Gasteiger partial charge in [0.2, 0.25) is 0 Å². The number of carbonyl (C=O) groups is 1. The van der Waals surface area contributed by atoms with Gasteiger partial charge in [0.05, 0.1) is 35.7 Å². The molecule has 4 aromatic rings. The van der Waals surface area contributed by atoms with Crippen LogP contribution >= 0.6 is 24.2 Å². The maximum Gasteiger partial charge on any atom is 0.171 e. The Bertz CT molecular complexity index is 1960. The van der Waals surface area contributed by atoms with E-state index in [9.17, 15) is 15.0 Å². The number of carbonyl (C=O) groups excluding carboxylic acids is 1. The molecule has 2 atom stereocenters. The Hall–Kier alpha value is -4.15. The van der Waals surface area contributed by atoms with Crippen molar-refractivity contribution in [1.82, 2.24) is 4.90 Å². The number of methoxy groups -OCH3 is 1. The molecule has 0 spiro atoms. The van der Waals surface area contributed by atoms with Crippen LogP contribution in [0.5, 0.6) is 23.0 Å². The van der Waals surface area contributed by atoms with Crippen LogP contribution in [0.4, 0.5) is 11.4 Å². The number of fused-ring (bicyclic) bond motifs is 4. The van der Waals surface area contributed by atoms with Gasteiger partial charge in [-0.05, 0) is 102 Å². The van der Waals surface area contributed by atoms with Crippen LogP contribution in [0.1, 0.15) is 75.5 Å². The van der Waals surface area contributed by atoms with Gasteiger partial charge in [0.15, 0.2) is 5.78 Å². The van der Waals surface area contributed by atoms with Crippen molar-refractivity contribution < 1.29 is 29.2 Å². The van der Waals surface area contributed by atoms with Crippen LogP contribution in [0.2, 0.25) is 0 Å². The molecule has 0 fully saturated rings. The van der Waals surface area contributed by atoms with Crippen LogP contribution in [0.25, 0.3) is 6.08 Å². The molecule has 0 saturated carbocycles. The van der Waals surface area contributed by atoms with Gasteiger partial charge in [-0.3, -0.25) is 9.69 Å². The molecule has 3 heterocycles.